The van der Waals surface area contributed by atoms with Crippen molar-refractivity contribution in [2.75, 3.05) is 0 Å². The Bertz CT molecular complexity index is 674. The zero-order chi connectivity index (χ0) is 32.2. The molecule has 1 rings (SSSR count). The second kappa shape index (κ2) is 36.1. The second-order valence-corrected chi connectivity index (χ2v) is 13.4. The van der Waals surface area contributed by atoms with Crippen LogP contribution in [0.5, 0.6) is 0 Å². The average molecular weight is 617 g/mol. The van der Waals surface area contributed by atoms with E-state index in [1.165, 1.54) is 186 Å². The summed E-state index contributed by atoms with van der Waals surface area (Å²) in [6.45, 7) is 4.59. The predicted octanol–water partition coefficient (Wildman–Crippen LogP) is 13.9. The molecule has 258 valence electrons. The van der Waals surface area contributed by atoms with Crippen molar-refractivity contribution in [3.05, 3.63) is 35.9 Å². The number of hydrogen-bond acceptors (Lipinski definition) is 2. The van der Waals surface area contributed by atoms with Crippen LogP contribution in [0.4, 0.5) is 0 Å². The van der Waals surface area contributed by atoms with Gasteiger partial charge in [0.05, 0.1) is 11.7 Å². The molecule has 1 unspecified atom stereocenters. The summed E-state index contributed by atoms with van der Waals surface area (Å²) in [4.78, 5) is 10.2. The molecular weight excluding hydrogens is 540 g/mol. The molecule has 0 fully saturated rings. The van der Waals surface area contributed by atoms with Gasteiger partial charge in [-0.2, -0.15) is 0 Å². The number of aliphatic hydroxyl groups excluding tert-OH is 1. The number of aromatic carboxylic acids is 1. The van der Waals surface area contributed by atoms with E-state index in [0.717, 1.165) is 12.8 Å². The fourth-order valence-corrected chi connectivity index (χ4v) is 6.05. The lowest BCUT2D eigenvalue weighted by Gasteiger charge is -2.10. The first-order valence-corrected chi connectivity index (χ1v) is 19.6. The van der Waals surface area contributed by atoms with Gasteiger partial charge in [-0.1, -0.05) is 218 Å². The largest absolute Gasteiger partial charge is 0.478 e. The molecule has 0 radical (unpaired) electrons. The van der Waals surface area contributed by atoms with Crippen LogP contribution in [0, 0.1) is 0 Å². The summed E-state index contributed by atoms with van der Waals surface area (Å²) < 4.78 is 0. The lowest BCUT2D eigenvalue weighted by Crippen LogP contribution is -2.05. The van der Waals surface area contributed by atoms with Crippen molar-refractivity contribution in [1.29, 1.82) is 0 Å². The quantitative estimate of drug-likeness (QED) is 0.0792. The van der Waals surface area contributed by atoms with E-state index in [0.29, 0.717) is 5.56 Å². The maximum atomic E-state index is 10.2. The summed E-state index contributed by atoms with van der Waals surface area (Å²) in [6.07, 6.45) is 43.0. The maximum Gasteiger partial charge on any atom is 0.335 e. The van der Waals surface area contributed by atoms with Crippen molar-refractivity contribution >= 4 is 5.97 Å². The van der Waals surface area contributed by atoms with Crippen molar-refractivity contribution in [2.24, 2.45) is 0 Å². The van der Waals surface area contributed by atoms with Crippen LogP contribution in [0.2, 0.25) is 0 Å². The Hall–Kier alpha value is -1.35. The summed E-state index contributed by atoms with van der Waals surface area (Å²) in [5.41, 5.74) is 0.331. The third kappa shape index (κ3) is 33.5. The van der Waals surface area contributed by atoms with Crippen LogP contribution in [0.25, 0.3) is 0 Å². The van der Waals surface area contributed by atoms with Gasteiger partial charge in [0.15, 0.2) is 0 Å². The molecule has 0 amide bonds. The molecule has 0 bridgehead atoms. The zero-order valence-electron chi connectivity index (χ0n) is 29.7. The molecule has 0 aliphatic rings. The third-order valence-corrected chi connectivity index (χ3v) is 9.05. The van der Waals surface area contributed by atoms with Gasteiger partial charge in [0.1, 0.15) is 0 Å². The molecule has 0 saturated heterocycles. The molecule has 0 heterocycles. The number of benzene rings is 1. The second-order valence-electron chi connectivity index (χ2n) is 13.4. The summed E-state index contributed by atoms with van der Waals surface area (Å²) in [5.74, 6) is -0.879. The lowest BCUT2D eigenvalue weighted by molar-refractivity contribution is 0.0697. The molecule has 3 nitrogen and oxygen atoms in total. The van der Waals surface area contributed by atoms with E-state index in [-0.39, 0.29) is 6.10 Å². The minimum Gasteiger partial charge on any atom is -0.478 e. The summed E-state index contributed by atoms with van der Waals surface area (Å²) >= 11 is 0. The van der Waals surface area contributed by atoms with Crippen molar-refractivity contribution in [2.45, 2.75) is 219 Å². The Morgan fingerprint density at radius 2 is 0.705 bits per heavy atom. The van der Waals surface area contributed by atoms with Crippen molar-refractivity contribution in [3.63, 3.8) is 0 Å². The third-order valence-electron chi connectivity index (χ3n) is 9.05. The van der Waals surface area contributed by atoms with E-state index in [4.69, 9.17) is 5.11 Å². The van der Waals surface area contributed by atoms with Crippen LogP contribution in [0.15, 0.2) is 30.3 Å². The molecular formula is C41H76O3. The van der Waals surface area contributed by atoms with Gasteiger partial charge in [0.25, 0.3) is 0 Å². The van der Waals surface area contributed by atoms with Crippen molar-refractivity contribution in [3.8, 4) is 0 Å². The van der Waals surface area contributed by atoms with Crippen LogP contribution < -0.4 is 0 Å². The van der Waals surface area contributed by atoms with Crippen molar-refractivity contribution < 1.29 is 15.0 Å². The van der Waals surface area contributed by atoms with E-state index >= 15 is 0 Å². The van der Waals surface area contributed by atoms with Crippen LogP contribution in [0.1, 0.15) is 223 Å². The Kier molecular flexibility index (Phi) is 35.0. The summed E-state index contributed by atoms with van der Waals surface area (Å²) in [5, 5.41) is 18.6. The first kappa shape index (κ1) is 42.6. The van der Waals surface area contributed by atoms with Gasteiger partial charge in [0.2, 0.25) is 0 Å². The SMILES string of the molecule is CCCCCCCCCCCCCCCCCC(O)CCCCCCCCCCCCCCCC.O=C(O)c1ccccc1. The minimum absolute atomic E-state index is 0.0331. The number of carboxylic acids is 1. The Balaban J connectivity index is 0.00000174. The molecule has 0 aliphatic heterocycles. The monoisotopic (exact) mass is 617 g/mol. The highest BCUT2D eigenvalue weighted by molar-refractivity contribution is 5.87. The van der Waals surface area contributed by atoms with Crippen LogP contribution in [-0.4, -0.2) is 22.3 Å². The fraction of sp³-hybridized carbons (Fsp3) is 0.829. The van der Waals surface area contributed by atoms with Crippen LogP contribution in [-0.2, 0) is 0 Å². The molecule has 0 saturated carbocycles. The number of unbranched alkanes of at least 4 members (excludes halogenated alkanes) is 27. The molecule has 0 spiro atoms. The van der Waals surface area contributed by atoms with E-state index < -0.39 is 5.97 Å². The Labute approximate surface area is 275 Å². The van der Waals surface area contributed by atoms with E-state index in [9.17, 15) is 9.90 Å². The highest BCUT2D eigenvalue weighted by Crippen LogP contribution is 2.17. The predicted molar refractivity (Wildman–Crippen MR) is 194 cm³/mol. The van der Waals surface area contributed by atoms with Gasteiger partial charge >= 0.3 is 5.97 Å². The van der Waals surface area contributed by atoms with Gasteiger partial charge in [-0.25, -0.2) is 4.79 Å². The highest BCUT2D eigenvalue weighted by atomic mass is 16.4. The van der Waals surface area contributed by atoms with Crippen molar-refractivity contribution in [1.82, 2.24) is 0 Å². The Morgan fingerprint density at radius 1 is 0.455 bits per heavy atom. The minimum atomic E-state index is -0.879. The van der Waals surface area contributed by atoms with E-state index in [1.807, 2.05) is 0 Å². The lowest BCUT2D eigenvalue weighted by atomic mass is 10.0. The standard InChI is InChI=1S/C34H70O.C7H6O2/c1-3-5-7-9-11-13-15-17-19-21-23-25-27-29-31-33-34(35)32-30-28-26-24-22-20-18-16-14-12-10-8-6-4-2;8-7(9)6-4-2-1-3-5-6/h34-35H,3-33H2,1-2H3;1-5H,(H,8,9). The molecule has 1 aromatic carbocycles. The average Bonchev–Trinajstić information content (AvgIpc) is 3.03. The van der Waals surface area contributed by atoms with Gasteiger partial charge in [-0.15, -0.1) is 0 Å². The van der Waals surface area contributed by atoms with Gasteiger partial charge in [0, 0.05) is 0 Å². The molecule has 0 aliphatic carbocycles. The van der Waals surface area contributed by atoms with Gasteiger partial charge in [-0.05, 0) is 25.0 Å². The first-order chi connectivity index (χ1) is 21.6. The number of rotatable bonds is 32. The number of carbonyl (C=O) groups is 1. The highest BCUT2D eigenvalue weighted by Gasteiger charge is 2.04. The van der Waals surface area contributed by atoms with E-state index in [2.05, 4.69) is 13.8 Å². The zero-order valence-corrected chi connectivity index (χ0v) is 29.7. The Morgan fingerprint density at radius 3 is 0.932 bits per heavy atom. The van der Waals surface area contributed by atoms with E-state index in [1.54, 1.807) is 30.3 Å². The smallest absolute Gasteiger partial charge is 0.335 e. The topological polar surface area (TPSA) is 57.5 Å². The molecule has 1 atom stereocenters. The summed E-state index contributed by atoms with van der Waals surface area (Å²) in [7, 11) is 0. The number of hydrogen-bond donors (Lipinski definition) is 2. The van der Waals surface area contributed by atoms with Gasteiger partial charge in [-0.3, -0.25) is 0 Å². The van der Waals surface area contributed by atoms with Crippen LogP contribution >= 0.6 is 0 Å². The normalized spacial score (nSPS) is 11.7. The fourth-order valence-electron chi connectivity index (χ4n) is 6.05. The number of aliphatic hydroxyl groups is 1. The van der Waals surface area contributed by atoms with Gasteiger partial charge < -0.3 is 10.2 Å². The van der Waals surface area contributed by atoms with Crippen LogP contribution in [0.3, 0.4) is 0 Å². The molecule has 3 heteroatoms. The summed E-state index contributed by atoms with van der Waals surface area (Å²) in [6, 6.07) is 8.30. The maximum absolute atomic E-state index is 10.2. The first-order valence-electron chi connectivity index (χ1n) is 19.6. The molecule has 1 aromatic rings. The molecule has 44 heavy (non-hydrogen) atoms. The molecule has 0 aromatic heterocycles. The number of carboxylic acid groups (broad SMARTS) is 1. The molecule has 2 N–H and O–H groups in total.